The maximum absolute atomic E-state index is 13.1. The number of rotatable bonds is 3. The molecule has 0 unspecified atom stereocenters. The normalized spacial score (nSPS) is 19.7. The Labute approximate surface area is 158 Å². The Balaban J connectivity index is 1.84. The first-order valence-electron chi connectivity index (χ1n) is 9.57. The molecule has 4 rings (SSSR count). The summed E-state index contributed by atoms with van der Waals surface area (Å²) in [6.45, 7) is 2.17. The van der Waals surface area contributed by atoms with E-state index in [1.54, 1.807) is 12.1 Å². The third-order valence-corrected chi connectivity index (χ3v) is 5.53. The zero-order valence-electron chi connectivity index (χ0n) is 15.4. The van der Waals surface area contributed by atoms with E-state index in [1.165, 1.54) is 6.42 Å². The van der Waals surface area contributed by atoms with Gasteiger partial charge >= 0.3 is 5.63 Å². The Bertz CT molecular complexity index is 1020. The van der Waals surface area contributed by atoms with E-state index in [0.29, 0.717) is 16.9 Å². The van der Waals surface area contributed by atoms with Crippen LogP contribution in [0.1, 0.15) is 43.2 Å². The molecule has 0 radical (unpaired) electrons. The summed E-state index contributed by atoms with van der Waals surface area (Å²) in [5.41, 5.74) is 1.05. The molecule has 1 aliphatic rings. The quantitative estimate of drug-likeness (QED) is 0.731. The monoisotopic (exact) mass is 361 g/mol. The number of benzene rings is 2. The molecule has 1 amide bonds. The lowest BCUT2D eigenvalue weighted by Crippen LogP contribution is -2.41. The van der Waals surface area contributed by atoms with E-state index >= 15 is 0 Å². The molecule has 1 saturated carbocycles. The number of hydrogen-bond acceptors (Lipinski definition) is 3. The van der Waals surface area contributed by atoms with Crippen molar-refractivity contribution >= 4 is 16.7 Å². The summed E-state index contributed by atoms with van der Waals surface area (Å²) in [7, 11) is 0. The summed E-state index contributed by atoms with van der Waals surface area (Å²) in [5.74, 6) is 0.216. The molecule has 3 aromatic rings. The highest BCUT2D eigenvalue weighted by atomic mass is 16.4. The summed E-state index contributed by atoms with van der Waals surface area (Å²) in [6.07, 6.45) is 4.39. The molecule has 1 aromatic heterocycles. The molecule has 1 fully saturated rings. The number of fused-ring (bicyclic) bond motifs is 1. The molecule has 0 aliphatic heterocycles. The third-order valence-electron chi connectivity index (χ3n) is 5.53. The smallest absolute Gasteiger partial charge is 0.344 e. The second-order valence-corrected chi connectivity index (χ2v) is 7.35. The Hall–Kier alpha value is -2.88. The topological polar surface area (TPSA) is 59.3 Å². The van der Waals surface area contributed by atoms with Crippen LogP contribution in [0.3, 0.4) is 0 Å². The van der Waals surface area contributed by atoms with Crippen molar-refractivity contribution in [1.29, 1.82) is 0 Å². The van der Waals surface area contributed by atoms with E-state index in [-0.39, 0.29) is 17.7 Å². The predicted octanol–water partition coefficient (Wildman–Crippen LogP) is 4.77. The summed E-state index contributed by atoms with van der Waals surface area (Å²) in [5, 5.41) is 4.34. The van der Waals surface area contributed by atoms with Gasteiger partial charge in [0.25, 0.3) is 5.91 Å². The van der Waals surface area contributed by atoms with Crippen molar-refractivity contribution < 1.29 is 9.21 Å². The summed E-state index contributed by atoms with van der Waals surface area (Å²) >= 11 is 0. The number of amides is 1. The molecular formula is C23H23NO3. The first-order chi connectivity index (χ1) is 13.1. The Kier molecular flexibility index (Phi) is 4.80. The largest absolute Gasteiger partial charge is 0.416 e. The number of hydrogen-bond donors (Lipinski definition) is 1. The van der Waals surface area contributed by atoms with E-state index in [1.807, 2.05) is 42.5 Å². The van der Waals surface area contributed by atoms with Gasteiger partial charge in [-0.1, -0.05) is 68.3 Å². The van der Waals surface area contributed by atoms with E-state index in [0.717, 1.165) is 30.2 Å². The molecule has 27 heavy (non-hydrogen) atoms. The van der Waals surface area contributed by atoms with Crippen LogP contribution in [0, 0.1) is 5.92 Å². The first-order valence-corrected chi connectivity index (χ1v) is 9.57. The average Bonchev–Trinajstić information content (AvgIpc) is 2.70. The number of carbonyl (C=O) groups is 1. The number of nitrogens with one attached hydrogen (secondary N) is 1. The van der Waals surface area contributed by atoms with Gasteiger partial charge in [0.2, 0.25) is 5.76 Å². The van der Waals surface area contributed by atoms with Gasteiger partial charge in [-0.2, -0.15) is 0 Å². The fourth-order valence-corrected chi connectivity index (χ4v) is 4.02. The Morgan fingerprint density at radius 1 is 0.963 bits per heavy atom. The molecule has 0 saturated heterocycles. The van der Waals surface area contributed by atoms with Crippen molar-refractivity contribution in [1.82, 2.24) is 5.32 Å². The lowest BCUT2D eigenvalue weighted by Gasteiger charge is -2.29. The molecule has 0 bridgehead atoms. The summed E-state index contributed by atoms with van der Waals surface area (Å²) in [4.78, 5) is 25.6. The Morgan fingerprint density at radius 2 is 1.63 bits per heavy atom. The van der Waals surface area contributed by atoms with Gasteiger partial charge in [-0.05, 0) is 30.4 Å². The van der Waals surface area contributed by atoms with Gasteiger partial charge in [-0.3, -0.25) is 4.79 Å². The van der Waals surface area contributed by atoms with Crippen molar-refractivity contribution in [2.75, 3.05) is 0 Å². The van der Waals surface area contributed by atoms with Crippen LogP contribution in [0.4, 0.5) is 0 Å². The maximum Gasteiger partial charge on any atom is 0.344 e. The molecule has 4 heteroatoms. The molecule has 2 atom stereocenters. The number of carbonyl (C=O) groups excluding carboxylic acids is 1. The summed E-state index contributed by atoms with van der Waals surface area (Å²) in [6, 6.07) is 17.0. The molecule has 4 nitrogen and oxygen atoms in total. The molecule has 2 aromatic carbocycles. The molecule has 1 heterocycles. The van der Waals surface area contributed by atoms with Crippen molar-refractivity contribution in [2.45, 2.75) is 38.6 Å². The van der Waals surface area contributed by atoms with Crippen LogP contribution >= 0.6 is 0 Å². The maximum atomic E-state index is 13.1. The molecule has 1 aliphatic carbocycles. The second kappa shape index (κ2) is 7.39. The average molecular weight is 361 g/mol. The van der Waals surface area contributed by atoms with E-state index in [4.69, 9.17) is 4.42 Å². The fraction of sp³-hybridized carbons (Fsp3) is 0.304. The molecular weight excluding hydrogens is 338 g/mol. The van der Waals surface area contributed by atoms with Gasteiger partial charge in [-0.15, -0.1) is 0 Å². The first kappa shape index (κ1) is 17.5. The van der Waals surface area contributed by atoms with E-state index in [2.05, 4.69) is 12.2 Å². The lowest BCUT2D eigenvalue weighted by molar-refractivity contribution is 0.0879. The highest BCUT2D eigenvalue weighted by Crippen LogP contribution is 2.31. The van der Waals surface area contributed by atoms with Crippen molar-refractivity contribution in [3.63, 3.8) is 0 Å². The zero-order chi connectivity index (χ0) is 18.8. The van der Waals surface area contributed by atoms with Crippen LogP contribution in [0.5, 0.6) is 0 Å². The SMILES string of the molecule is C[C@H]1CCCC[C@H]1NC(=O)c1oc(=O)c2ccccc2c1-c1ccccc1. The van der Waals surface area contributed by atoms with E-state index in [9.17, 15) is 9.59 Å². The molecule has 138 valence electrons. The molecule has 1 N–H and O–H groups in total. The van der Waals surface area contributed by atoms with Gasteiger partial charge in [0, 0.05) is 17.0 Å². The van der Waals surface area contributed by atoms with Crippen molar-refractivity contribution in [3.05, 3.63) is 70.8 Å². The van der Waals surface area contributed by atoms with Crippen LogP contribution in [0.15, 0.2) is 63.8 Å². The predicted molar refractivity (Wildman–Crippen MR) is 107 cm³/mol. The lowest BCUT2D eigenvalue weighted by atomic mass is 9.86. The van der Waals surface area contributed by atoms with Crippen LogP contribution in [-0.4, -0.2) is 11.9 Å². The zero-order valence-corrected chi connectivity index (χ0v) is 15.4. The van der Waals surface area contributed by atoms with Crippen LogP contribution < -0.4 is 10.9 Å². The van der Waals surface area contributed by atoms with Gasteiger partial charge < -0.3 is 9.73 Å². The minimum Gasteiger partial charge on any atom is -0.416 e. The highest BCUT2D eigenvalue weighted by molar-refractivity contribution is 6.07. The van der Waals surface area contributed by atoms with Crippen molar-refractivity contribution in [3.8, 4) is 11.1 Å². The van der Waals surface area contributed by atoms with Crippen molar-refractivity contribution in [2.24, 2.45) is 5.92 Å². The third kappa shape index (κ3) is 3.39. The standard InChI is InChI=1S/C23H23NO3/c1-15-9-5-8-14-19(15)24-22(25)21-20(16-10-3-2-4-11-16)17-12-6-7-13-18(17)23(26)27-21/h2-4,6-7,10-13,15,19H,5,8-9,14H2,1H3,(H,24,25)/t15-,19+/m0/s1. The summed E-state index contributed by atoms with van der Waals surface area (Å²) < 4.78 is 5.55. The van der Waals surface area contributed by atoms with Gasteiger partial charge in [0.05, 0.1) is 5.39 Å². The van der Waals surface area contributed by atoms with Gasteiger partial charge in [0.15, 0.2) is 0 Å². The minimum absolute atomic E-state index is 0.0997. The second-order valence-electron chi connectivity index (χ2n) is 7.35. The Morgan fingerprint density at radius 3 is 2.37 bits per heavy atom. The highest BCUT2D eigenvalue weighted by Gasteiger charge is 2.27. The van der Waals surface area contributed by atoms with Crippen LogP contribution in [0.2, 0.25) is 0 Å². The van der Waals surface area contributed by atoms with Crippen LogP contribution in [-0.2, 0) is 0 Å². The van der Waals surface area contributed by atoms with Crippen LogP contribution in [0.25, 0.3) is 21.9 Å². The van der Waals surface area contributed by atoms with Gasteiger partial charge in [-0.25, -0.2) is 4.79 Å². The molecule has 0 spiro atoms. The fourth-order valence-electron chi connectivity index (χ4n) is 4.02. The minimum atomic E-state index is -0.480. The van der Waals surface area contributed by atoms with E-state index < -0.39 is 5.63 Å². The van der Waals surface area contributed by atoms with Gasteiger partial charge in [0.1, 0.15) is 0 Å².